The topological polar surface area (TPSA) is 43.4 Å². The van der Waals surface area contributed by atoms with Crippen LogP contribution in [0.1, 0.15) is 24.0 Å². The van der Waals surface area contributed by atoms with E-state index in [-0.39, 0.29) is 12.8 Å². The standard InChI is InChI=1S/C42H18Cl8O3/c43-21-7-1-17-3-11-25(47)35-27(17)31(21)33-23(45)9-5-19-13-15-41(49,37(35)29(19)33)39(51)53-40(52)42(50)16-14-20-6-10-24(46)34-30(20)38(42)36-26(48)12-4-18-2-8-22(44)32(34)28(18)36/h1-14H,15-16H2. The second-order valence-electron chi connectivity index (χ2n) is 13.5. The van der Waals surface area contributed by atoms with Gasteiger partial charge in [-0.3, -0.25) is 0 Å². The van der Waals surface area contributed by atoms with Crippen molar-refractivity contribution >= 4 is 182 Å². The van der Waals surface area contributed by atoms with Crippen molar-refractivity contribution < 1.29 is 14.3 Å². The van der Waals surface area contributed by atoms with Gasteiger partial charge >= 0.3 is 11.9 Å². The quantitative estimate of drug-likeness (QED) is 0.0572. The van der Waals surface area contributed by atoms with Crippen LogP contribution in [0, 0.1) is 0 Å². The summed E-state index contributed by atoms with van der Waals surface area (Å²) in [6, 6.07) is 21.8. The SMILES string of the molecule is O=C(OC(=O)C1(Cl)CC=c2ccc(Cl)c3c2c1c1c(Cl)ccc2ccc(Cl)c3c21)C1(Cl)CC=c2ccc(Cl)c3c2c1c1c(Cl)ccc2ccc(Cl)c3c21. The molecule has 0 fully saturated rings. The molecule has 53 heavy (non-hydrogen) atoms. The first-order valence-corrected chi connectivity index (χ1v) is 19.4. The lowest BCUT2D eigenvalue weighted by atomic mass is 9.79. The van der Waals surface area contributed by atoms with Gasteiger partial charge in [-0.1, -0.05) is 118 Å². The van der Waals surface area contributed by atoms with Crippen LogP contribution in [-0.4, -0.2) is 11.9 Å². The van der Waals surface area contributed by atoms with Crippen LogP contribution in [0.5, 0.6) is 0 Å². The molecule has 2 aliphatic rings. The maximum absolute atomic E-state index is 14.7. The molecule has 10 rings (SSSR count). The second-order valence-corrected chi connectivity index (χ2v) is 17.2. The highest BCUT2D eigenvalue weighted by Crippen LogP contribution is 2.54. The average molecular weight is 854 g/mol. The Labute approximate surface area is 340 Å². The van der Waals surface area contributed by atoms with E-state index in [1.54, 1.807) is 36.4 Å². The lowest BCUT2D eigenvalue weighted by molar-refractivity contribution is -0.163. The van der Waals surface area contributed by atoms with Gasteiger partial charge in [0.15, 0.2) is 9.75 Å². The Bertz CT molecular complexity index is 2970. The van der Waals surface area contributed by atoms with Gasteiger partial charge in [0.2, 0.25) is 0 Å². The molecular weight excluding hydrogens is 836 g/mol. The Morgan fingerprint density at radius 3 is 1.08 bits per heavy atom. The number of hydrogen-bond acceptors (Lipinski definition) is 3. The van der Waals surface area contributed by atoms with E-state index in [9.17, 15) is 9.59 Å². The van der Waals surface area contributed by atoms with Crippen LogP contribution in [0.15, 0.2) is 72.8 Å². The van der Waals surface area contributed by atoms with Crippen LogP contribution < -0.4 is 10.4 Å². The summed E-state index contributed by atoms with van der Waals surface area (Å²) in [5, 5.41) is 11.7. The molecule has 0 N–H and O–H groups in total. The third-order valence-corrected chi connectivity index (χ3v) is 13.8. The molecule has 0 heterocycles. The average Bonchev–Trinajstić information content (AvgIpc) is 3.14. The third-order valence-electron chi connectivity index (χ3n) is 10.9. The van der Waals surface area contributed by atoms with Crippen molar-refractivity contribution in [3.05, 3.63) is 124 Å². The highest BCUT2D eigenvalue weighted by atomic mass is 35.5. The summed E-state index contributed by atoms with van der Waals surface area (Å²) in [5.41, 5.74) is 0.745. The molecule has 0 amide bonds. The number of carbonyl (C=O) groups excluding carboxylic acids is 2. The van der Waals surface area contributed by atoms with Crippen molar-refractivity contribution in [1.29, 1.82) is 0 Å². The summed E-state index contributed by atoms with van der Waals surface area (Å²) in [5.74, 6) is -2.04. The molecule has 0 bridgehead atoms. The zero-order chi connectivity index (χ0) is 36.9. The lowest BCUT2D eigenvalue weighted by Gasteiger charge is -2.34. The van der Waals surface area contributed by atoms with Gasteiger partial charge in [0.25, 0.3) is 0 Å². The predicted octanol–water partition coefficient (Wildman–Crippen LogP) is 13.0. The molecule has 0 saturated heterocycles. The molecule has 0 spiro atoms. The minimum atomic E-state index is -1.92. The van der Waals surface area contributed by atoms with Crippen molar-refractivity contribution in [3.63, 3.8) is 0 Å². The van der Waals surface area contributed by atoms with Gasteiger partial charge in [0.05, 0.1) is 0 Å². The van der Waals surface area contributed by atoms with E-state index < -0.39 is 21.7 Å². The Kier molecular flexibility index (Phi) is 7.53. The monoisotopic (exact) mass is 850 g/mol. The number of rotatable bonds is 2. The number of fused-ring (bicyclic) bond motifs is 4. The molecule has 8 aromatic rings. The van der Waals surface area contributed by atoms with Crippen molar-refractivity contribution in [2.75, 3.05) is 0 Å². The molecule has 260 valence electrons. The zero-order valence-corrected chi connectivity index (χ0v) is 32.8. The molecule has 11 heteroatoms. The van der Waals surface area contributed by atoms with Crippen LogP contribution in [0.3, 0.4) is 0 Å². The van der Waals surface area contributed by atoms with Gasteiger partial charge < -0.3 is 4.74 Å². The van der Waals surface area contributed by atoms with E-state index in [4.69, 9.17) is 97.5 Å². The summed E-state index contributed by atoms with van der Waals surface area (Å²) < 4.78 is 5.89. The molecule has 2 aliphatic carbocycles. The van der Waals surface area contributed by atoms with Crippen LogP contribution in [0.4, 0.5) is 0 Å². The van der Waals surface area contributed by atoms with Crippen molar-refractivity contribution in [1.82, 2.24) is 0 Å². The van der Waals surface area contributed by atoms with Crippen LogP contribution in [0.2, 0.25) is 30.1 Å². The van der Waals surface area contributed by atoms with Gasteiger partial charge in [-0.15, -0.1) is 23.2 Å². The fourth-order valence-corrected chi connectivity index (χ4v) is 10.8. The van der Waals surface area contributed by atoms with E-state index in [0.29, 0.717) is 95.1 Å². The maximum Gasteiger partial charge on any atom is 0.339 e. The summed E-state index contributed by atoms with van der Waals surface area (Å²) in [6.45, 7) is 0. The van der Waals surface area contributed by atoms with E-state index in [0.717, 1.165) is 21.2 Å². The zero-order valence-electron chi connectivity index (χ0n) is 26.7. The fourth-order valence-electron chi connectivity index (χ4n) is 8.63. The first kappa shape index (κ1) is 34.3. The van der Waals surface area contributed by atoms with Crippen LogP contribution in [-0.2, 0) is 24.1 Å². The molecule has 0 aromatic heterocycles. The predicted molar refractivity (Wildman–Crippen MR) is 223 cm³/mol. The minimum absolute atomic E-state index is 0.0235. The summed E-state index contributed by atoms with van der Waals surface area (Å²) in [6.07, 6.45) is 3.59. The normalized spacial score (nSPS) is 19.4. The highest BCUT2D eigenvalue weighted by molar-refractivity contribution is 6.51. The van der Waals surface area contributed by atoms with Crippen LogP contribution >= 0.6 is 92.8 Å². The third kappa shape index (κ3) is 4.46. The Balaban J connectivity index is 1.20. The number of alkyl halides is 2. The number of esters is 2. The van der Waals surface area contributed by atoms with Gasteiger partial charge in [0, 0.05) is 97.2 Å². The van der Waals surface area contributed by atoms with Gasteiger partial charge in [-0.25, -0.2) is 9.59 Å². The van der Waals surface area contributed by atoms with E-state index in [1.165, 1.54) is 0 Å². The molecule has 0 radical (unpaired) electrons. The molecule has 8 aromatic carbocycles. The number of halogens is 8. The smallest absolute Gasteiger partial charge is 0.339 e. The Morgan fingerprint density at radius 2 is 0.717 bits per heavy atom. The fraction of sp³-hybridized carbons (Fsp3) is 0.0952. The largest absolute Gasteiger partial charge is 0.390 e. The number of benzene rings is 8. The van der Waals surface area contributed by atoms with Crippen molar-refractivity contribution in [2.24, 2.45) is 0 Å². The molecule has 3 nitrogen and oxygen atoms in total. The minimum Gasteiger partial charge on any atom is -0.390 e. The number of carbonyl (C=O) groups is 2. The van der Waals surface area contributed by atoms with Crippen LogP contribution in [0.25, 0.3) is 76.8 Å². The molecule has 2 unspecified atom stereocenters. The lowest BCUT2D eigenvalue weighted by Crippen LogP contribution is -2.42. The van der Waals surface area contributed by atoms with E-state index in [1.807, 2.05) is 48.6 Å². The first-order valence-electron chi connectivity index (χ1n) is 16.4. The van der Waals surface area contributed by atoms with E-state index >= 15 is 0 Å². The summed E-state index contributed by atoms with van der Waals surface area (Å²) >= 11 is 56.5. The Morgan fingerprint density at radius 1 is 0.415 bits per heavy atom. The van der Waals surface area contributed by atoms with Gasteiger partial charge in [0.1, 0.15) is 0 Å². The molecular formula is C42H18Cl8O3. The maximum atomic E-state index is 14.7. The van der Waals surface area contributed by atoms with Crippen molar-refractivity contribution in [3.8, 4) is 0 Å². The molecule has 0 aliphatic heterocycles. The molecule has 0 saturated carbocycles. The number of ether oxygens (including phenoxy) is 1. The van der Waals surface area contributed by atoms with Crippen molar-refractivity contribution in [2.45, 2.75) is 22.6 Å². The highest BCUT2D eigenvalue weighted by Gasteiger charge is 2.50. The van der Waals surface area contributed by atoms with Gasteiger partial charge in [-0.2, -0.15) is 0 Å². The summed E-state index contributed by atoms with van der Waals surface area (Å²) in [7, 11) is 0. The first-order chi connectivity index (χ1) is 25.3. The van der Waals surface area contributed by atoms with E-state index in [2.05, 4.69) is 0 Å². The van der Waals surface area contributed by atoms with Gasteiger partial charge in [-0.05, 0) is 68.4 Å². The summed E-state index contributed by atoms with van der Waals surface area (Å²) in [4.78, 5) is 25.6. The molecule has 2 atom stereocenters. The second kappa shape index (κ2) is 11.6. The number of hydrogen-bond donors (Lipinski definition) is 0. The Hall–Kier alpha value is -3.22.